The third-order valence-electron chi connectivity index (χ3n) is 9.10. The molecule has 3 rings (SSSR count). The van der Waals surface area contributed by atoms with Crippen molar-refractivity contribution in [3.63, 3.8) is 0 Å². The fraction of sp³-hybridized carbons (Fsp3) is 0.475. The van der Waals surface area contributed by atoms with Crippen LogP contribution in [-0.4, -0.2) is 28.7 Å². The second kappa shape index (κ2) is 14.1. The topological polar surface area (TPSA) is 46.5 Å². The lowest BCUT2D eigenvalue weighted by atomic mass is 9.62. The van der Waals surface area contributed by atoms with E-state index in [2.05, 4.69) is 116 Å². The van der Waals surface area contributed by atoms with Crippen LogP contribution in [0.3, 0.4) is 0 Å². The maximum atomic E-state index is 12.5. The van der Waals surface area contributed by atoms with Crippen LogP contribution in [0, 0.1) is 28.6 Å². The molecule has 0 radical (unpaired) electrons. The van der Waals surface area contributed by atoms with Gasteiger partial charge >= 0.3 is 0 Å². The van der Waals surface area contributed by atoms with E-state index < -0.39 is 5.60 Å². The van der Waals surface area contributed by atoms with E-state index in [0.29, 0.717) is 6.42 Å². The highest BCUT2D eigenvalue weighted by Crippen LogP contribution is 2.57. The standard InChI is InChI=1S/C40H52O3/c1-28(17-13-19-30(3)21-22-35-32(5)25-34(41)26-38(35,7)8)15-11-12-16-29(2)18-14-20-31(4)23-24-40-33(6)37(42)36(43-40)27-39(40,9)10/h11-20,23-24,33-34,36,41H,25-27H2,1-10H3. The van der Waals surface area contributed by atoms with Gasteiger partial charge in [0.05, 0.1) is 12.0 Å². The van der Waals surface area contributed by atoms with Crippen molar-refractivity contribution in [2.75, 3.05) is 0 Å². The lowest BCUT2D eigenvalue weighted by molar-refractivity contribution is -0.125. The molecule has 2 fully saturated rings. The van der Waals surface area contributed by atoms with Crippen LogP contribution in [0.1, 0.15) is 88.5 Å². The van der Waals surface area contributed by atoms with Crippen LogP contribution in [0.5, 0.6) is 0 Å². The van der Waals surface area contributed by atoms with Gasteiger partial charge in [-0.25, -0.2) is 0 Å². The number of carbonyl (C=O) groups excluding carboxylic acids is 1. The summed E-state index contributed by atoms with van der Waals surface area (Å²) in [5.74, 6) is 6.80. The predicted molar refractivity (Wildman–Crippen MR) is 181 cm³/mol. The number of aliphatic hydroxyl groups excluding tert-OH is 1. The molecule has 0 aromatic rings. The molecule has 230 valence electrons. The Morgan fingerprint density at radius 2 is 1.42 bits per heavy atom. The number of hydrogen-bond acceptors (Lipinski definition) is 3. The van der Waals surface area contributed by atoms with E-state index in [1.165, 1.54) is 5.57 Å². The zero-order valence-corrected chi connectivity index (χ0v) is 28.0. The first kappa shape index (κ1) is 34.3. The second-order valence-corrected chi connectivity index (χ2v) is 14.0. The Bertz CT molecular complexity index is 1420. The van der Waals surface area contributed by atoms with Gasteiger partial charge in [0.2, 0.25) is 0 Å². The van der Waals surface area contributed by atoms with Gasteiger partial charge in [-0.3, -0.25) is 4.79 Å². The molecule has 0 amide bonds. The first-order valence-electron chi connectivity index (χ1n) is 15.6. The van der Waals surface area contributed by atoms with E-state index in [-0.39, 0.29) is 34.7 Å². The summed E-state index contributed by atoms with van der Waals surface area (Å²) in [5, 5.41) is 10.1. The third-order valence-corrected chi connectivity index (χ3v) is 9.10. The molecular weight excluding hydrogens is 528 g/mol. The van der Waals surface area contributed by atoms with Crippen LogP contribution >= 0.6 is 0 Å². The van der Waals surface area contributed by atoms with Crippen molar-refractivity contribution >= 4 is 5.78 Å². The van der Waals surface area contributed by atoms with Gasteiger partial charge in [-0.2, -0.15) is 0 Å². The molecule has 0 aromatic heterocycles. The van der Waals surface area contributed by atoms with Crippen molar-refractivity contribution in [1.29, 1.82) is 0 Å². The highest BCUT2D eigenvalue weighted by Gasteiger charge is 2.65. The van der Waals surface area contributed by atoms with Crippen molar-refractivity contribution < 1.29 is 14.6 Å². The van der Waals surface area contributed by atoms with E-state index in [4.69, 9.17) is 4.74 Å². The maximum Gasteiger partial charge on any atom is 0.167 e. The van der Waals surface area contributed by atoms with Gasteiger partial charge in [0, 0.05) is 16.4 Å². The SMILES string of the molecule is CC(C#CC1=C(C)CC(O)CC1(C)C)=CC=CC(C)=CC=CC=C(C)C=CC=C(C)C=CC12OC(CC1(C)C)C(=O)C2C. The summed E-state index contributed by atoms with van der Waals surface area (Å²) in [6.45, 7) is 21.1. The molecule has 0 aromatic carbocycles. The van der Waals surface area contributed by atoms with Crippen LogP contribution < -0.4 is 0 Å². The summed E-state index contributed by atoms with van der Waals surface area (Å²) < 4.78 is 6.22. The Morgan fingerprint density at radius 3 is 2.00 bits per heavy atom. The first-order valence-corrected chi connectivity index (χ1v) is 15.6. The monoisotopic (exact) mass is 580 g/mol. The van der Waals surface area contributed by atoms with Crippen molar-refractivity contribution in [3.8, 4) is 11.8 Å². The number of rotatable bonds is 8. The number of fused-ring (bicyclic) bond motifs is 2. The number of ether oxygens (including phenoxy) is 1. The molecule has 2 heterocycles. The number of allylic oxidation sites excluding steroid dienone is 16. The third kappa shape index (κ3) is 8.47. The number of Topliss-reactive ketones (excluding diaryl/α,β-unsaturated/α-hetero) is 1. The average Bonchev–Trinajstić information content (AvgIpc) is 3.31. The normalized spacial score (nSPS) is 30.0. The molecular formula is C40H52O3. The van der Waals surface area contributed by atoms with E-state index in [0.717, 1.165) is 40.7 Å². The molecule has 43 heavy (non-hydrogen) atoms. The van der Waals surface area contributed by atoms with E-state index in [1.807, 2.05) is 38.2 Å². The Balaban J connectivity index is 1.52. The van der Waals surface area contributed by atoms with Crippen molar-refractivity contribution in [1.82, 2.24) is 0 Å². The zero-order valence-electron chi connectivity index (χ0n) is 28.0. The van der Waals surface area contributed by atoms with Crippen molar-refractivity contribution in [3.05, 3.63) is 106 Å². The molecule has 0 spiro atoms. The quantitative estimate of drug-likeness (QED) is 0.230. The van der Waals surface area contributed by atoms with Gasteiger partial charge in [0.25, 0.3) is 0 Å². The molecule has 2 aliphatic heterocycles. The molecule has 3 aliphatic rings. The fourth-order valence-electron chi connectivity index (χ4n) is 6.61. The molecule has 2 bridgehead atoms. The smallest absolute Gasteiger partial charge is 0.167 e. The van der Waals surface area contributed by atoms with Crippen LogP contribution in [0.25, 0.3) is 0 Å². The van der Waals surface area contributed by atoms with Crippen LogP contribution in [0.15, 0.2) is 106 Å². The Labute approximate surface area is 261 Å². The lowest BCUT2D eigenvalue weighted by Crippen LogP contribution is -2.47. The Kier molecular flexibility index (Phi) is 11.2. The average molecular weight is 581 g/mol. The fourth-order valence-corrected chi connectivity index (χ4v) is 6.61. The van der Waals surface area contributed by atoms with Gasteiger partial charge in [0.1, 0.15) is 11.7 Å². The number of carbonyl (C=O) groups is 1. The van der Waals surface area contributed by atoms with Crippen molar-refractivity contribution in [2.24, 2.45) is 16.7 Å². The minimum atomic E-state index is -0.507. The minimum absolute atomic E-state index is 0.0495. The maximum absolute atomic E-state index is 12.5. The summed E-state index contributed by atoms with van der Waals surface area (Å²) in [4.78, 5) is 12.5. The van der Waals surface area contributed by atoms with Crippen LogP contribution in [0.2, 0.25) is 0 Å². The summed E-state index contributed by atoms with van der Waals surface area (Å²) >= 11 is 0. The predicted octanol–water partition coefficient (Wildman–Crippen LogP) is 9.27. The van der Waals surface area contributed by atoms with Gasteiger partial charge < -0.3 is 9.84 Å². The van der Waals surface area contributed by atoms with E-state index in [1.54, 1.807) is 0 Å². The highest BCUT2D eigenvalue weighted by atomic mass is 16.5. The van der Waals surface area contributed by atoms with Gasteiger partial charge in [-0.1, -0.05) is 142 Å². The second-order valence-electron chi connectivity index (χ2n) is 14.0. The molecule has 0 saturated carbocycles. The lowest BCUT2D eigenvalue weighted by Gasteiger charge is -2.40. The Morgan fingerprint density at radius 1 is 0.860 bits per heavy atom. The summed E-state index contributed by atoms with van der Waals surface area (Å²) in [6.07, 6.45) is 26.6. The molecule has 2 saturated heterocycles. The number of aliphatic hydroxyl groups is 1. The van der Waals surface area contributed by atoms with E-state index >= 15 is 0 Å². The summed E-state index contributed by atoms with van der Waals surface area (Å²) in [7, 11) is 0. The molecule has 1 N–H and O–H groups in total. The van der Waals surface area contributed by atoms with Gasteiger partial charge in [-0.15, -0.1) is 0 Å². The first-order chi connectivity index (χ1) is 20.1. The molecule has 1 aliphatic carbocycles. The summed E-state index contributed by atoms with van der Waals surface area (Å²) in [5.41, 5.74) is 6.16. The van der Waals surface area contributed by atoms with E-state index in [9.17, 15) is 9.90 Å². The van der Waals surface area contributed by atoms with Gasteiger partial charge in [0.15, 0.2) is 5.78 Å². The number of hydrogen-bond donors (Lipinski definition) is 1. The summed E-state index contributed by atoms with van der Waals surface area (Å²) in [6, 6.07) is 0. The minimum Gasteiger partial charge on any atom is -0.393 e. The largest absolute Gasteiger partial charge is 0.393 e. The molecule has 4 unspecified atom stereocenters. The Hall–Kier alpha value is -3.19. The zero-order chi connectivity index (χ0) is 32.0. The van der Waals surface area contributed by atoms with Crippen LogP contribution in [-0.2, 0) is 9.53 Å². The van der Waals surface area contributed by atoms with Gasteiger partial charge in [-0.05, 0) is 59.5 Å². The molecule has 4 atom stereocenters. The van der Waals surface area contributed by atoms with Crippen LogP contribution in [0.4, 0.5) is 0 Å². The highest BCUT2D eigenvalue weighted by molar-refractivity contribution is 5.90. The molecule has 3 nitrogen and oxygen atoms in total. The van der Waals surface area contributed by atoms with Crippen molar-refractivity contribution in [2.45, 2.75) is 106 Å². The number of ketones is 1. The molecule has 3 heteroatoms.